The number of aliphatic carboxylic acids is 5. The number of pyridine rings is 1. The standard InChI is InChI=1S/C32H37N6O12S/c39-27(40)15-35(7-9-37(17-29(43)44)18-30(45)46)13-25-11-23(2-1-22-3-5-24(6-4-22)33-21-51)12-26(34-25)14-36(16-28(41)42)8-10-38(19-31(47)48)20-32(49)50/h3-6,11-12,27,39H,7-10,13-20H2,(H,41,42)(H,43,44)(H,45,46)(H,47,48)(H,49,50)/q-1/p-2. The van der Waals surface area contributed by atoms with E-state index in [-0.39, 0.29) is 39.3 Å². The van der Waals surface area contributed by atoms with Gasteiger partial charge in [-0.25, -0.2) is 0 Å². The maximum Gasteiger partial charge on any atom is 0.317 e. The molecule has 18 nitrogen and oxygen atoms in total. The lowest BCUT2D eigenvalue weighted by atomic mass is 10.1. The summed E-state index contributed by atoms with van der Waals surface area (Å²) in [6.45, 7) is -4.26. The average molecular weight is 728 g/mol. The Labute approximate surface area is 297 Å². The van der Waals surface area contributed by atoms with Gasteiger partial charge >= 0.3 is 17.9 Å². The molecule has 0 radical (unpaired) electrons. The number of benzene rings is 1. The number of aliphatic hydroxyl groups excluding tert-OH is 1. The van der Waals surface area contributed by atoms with Crippen molar-refractivity contribution in [3.05, 3.63) is 58.9 Å². The number of carboxylic acid groups (broad SMARTS) is 5. The molecule has 19 heteroatoms. The van der Waals surface area contributed by atoms with Gasteiger partial charge in [-0.1, -0.05) is 11.8 Å². The largest absolute Gasteiger partial charge is 0.830 e. The highest BCUT2D eigenvalue weighted by atomic mass is 32.1. The number of carbonyl (C=O) groups is 5. The smallest absolute Gasteiger partial charge is 0.317 e. The lowest BCUT2D eigenvalue weighted by molar-refractivity contribution is -0.483. The molecule has 2 aromatic rings. The molecular weight excluding hydrogens is 692 g/mol. The fraction of sp³-hybridized carbons (Fsp3) is 0.406. The van der Waals surface area contributed by atoms with Crippen LogP contribution in [-0.2, 0) is 37.1 Å². The molecule has 0 fully saturated rings. The number of aliphatic hydroxyl groups is 1. The Kier molecular flexibility index (Phi) is 18.0. The van der Waals surface area contributed by atoms with Crippen LogP contribution in [0.25, 0.3) is 0 Å². The summed E-state index contributed by atoms with van der Waals surface area (Å²) < 4.78 is 0. The number of aliphatic imine (C=N–C) groups is 1. The zero-order valence-electron chi connectivity index (χ0n) is 27.2. The number of carbonyl (C=O) groups excluding carboxylic acids is 2. The summed E-state index contributed by atoms with van der Waals surface area (Å²) in [6, 6.07) is 9.89. The van der Waals surface area contributed by atoms with Crippen molar-refractivity contribution in [3.8, 4) is 11.8 Å². The molecule has 1 aromatic heterocycles. The van der Waals surface area contributed by atoms with Gasteiger partial charge in [0.25, 0.3) is 0 Å². The van der Waals surface area contributed by atoms with Crippen LogP contribution in [0.2, 0.25) is 0 Å². The number of hydrogen-bond acceptors (Lipinski definition) is 16. The van der Waals surface area contributed by atoms with Gasteiger partial charge in [-0.05, 0) is 54.9 Å². The van der Waals surface area contributed by atoms with Crippen LogP contribution in [0, 0.1) is 11.8 Å². The highest BCUT2D eigenvalue weighted by molar-refractivity contribution is 7.78. The van der Waals surface area contributed by atoms with Crippen LogP contribution < -0.4 is 15.3 Å². The van der Waals surface area contributed by atoms with E-state index in [2.05, 4.69) is 39.2 Å². The highest BCUT2D eigenvalue weighted by Crippen LogP contribution is 2.14. The first kappa shape index (κ1) is 42.0. The summed E-state index contributed by atoms with van der Waals surface area (Å²) in [4.78, 5) is 69.9. The second-order valence-corrected chi connectivity index (χ2v) is 11.3. The van der Waals surface area contributed by atoms with Crippen molar-refractivity contribution in [3.63, 3.8) is 0 Å². The number of aromatic nitrogens is 1. The molecule has 1 unspecified atom stereocenters. The topological polar surface area (TPSA) is 274 Å². The van der Waals surface area contributed by atoms with Crippen molar-refractivity contribution in [2.45, 2.75) is 19.4 Å². The van der Waals surface area contributed by atoms with E-state index in [1.807, 2.05) is 0 Å². The Balaban J connectivity index is 2.48. The first-order valence-electron chi connectivity index (χ1n) is 15.1. The molecule has 1 aromatic carbocycles. The maximum atomic E-state index is 11.8. The van der Waals surface area contributed by atoms with Crippen LogP contribution in [0.3, 0.4) is 0 Å². The van der Waals surface area contributed by atoms with Gasteiger partial charge < -0.3 is 45.3 Å². The Bertz CT molecular complexity index is 1610. The van der Waals surface area contributed by atoms with Crippen LogP contribution in [0.15, 0.2) is 41.4 Å². The zero-order valence-corrected chi connectivity index (χ0v) is 28.0. The molecule has 0 spiro atoms. The fourth-order valence-electron chi connectivity index (χ4n) is 4.76. The predicted molar refractivity (Wildman–Crippen MR) is 174 cm³/mol. The summed E-state index contributed by atoms with van der Waals surface area (Å²) in [7, 11) is 0. The van der Waals surface area contributed by atoms with Crippen LogP contribution in [-0.4, -0.2) is 152 Å². The summed E-state index contributed by atoms with van der Waals surface area (Å²) >= 11 is 4.61. The first-order chi connectivity index (χ1) is 24.1. The van der Waals surface area contributed by atoms with Crippen molar-refractivity contribution >= 4 is 52.9 Å². The SMILES string of the molecule is O=C([O-])CN(CCN(Cc1cc(C#Cc2ccc(N=C=S)cc2)cc(CN(CCN(CC(=O)O)CC(=O)O)CC(=O)O)n1)CC([O-])O)CC(=O)[O-]. The van der Waals surface area contributed by atoms with E-state index in [0.717, 1.165) is 9.80 Å². The lowest BCUT2D eigenvalue weighted by Gasteiger charge is -2.31. The van der Waals surface area contributed by atoms with E-state index in [1.165, 1.54) is 9.80 Å². The van der Waals surface area contributed by atoms with E-state index in [1.54, 1.807) is 36.4 Å². The second kappa shape index (κ2) is 21.8. The van der Waals surface area contributed by atoms with Gasteiger partial charge in [0.15, 0.2) is 0 Å². The summed E-state index contributed by atoms with van der Waals surface area (Å²) in [5.74, 6) is -0.850. The van der Waals surface area contributed by atoms with Gasteiger partial charge in [0, 0.05) is 70.0 Å². The molecule has 0 bridgehead atoms. The predicted octanol–water partition coefficient (Wildman–Crippen LogP) is -4.14. The Morgan fingerprint density at radius 3 is 1.61 bits per heavy atom. The number of nitrogens with zero attached hydrogens (tertiary/aromatic N) is 6. The minimum Gasteiger partial charge on any atom is -0.830 e. The molecule has 1 atom stereocenters. The molecule has 0 aliphatic rings. The van der Waals surface area contributed by atoms with Crippen LogP contribution >= 0.6 is 12.2 Å². The van der Waals surface area contributed by atoms with Gasteiger partial charge in [0.2, 0.25) is 0 Å². The molecule has 0 saturated heterocycles. The molecular formula is C32H35N6O12S-3. The molecule has 2 rings (SSSR count). The van der Waals surface area contributed by atoms with Crippen LogP contribution in [0.5, 0.6) is 0 Å². The number of hydrogen-bond donors (Lipinski definition) is 4. The Hall–Kier alpha value is -5.16. The molecule has 0 aliphatic carbocycles. The van der Waals surface area contributed by atoms with Crippen LogP contribution in [0.4, 0.5) is 5.69 Å². The van der Waals surface area contributed by atoms with Crippen molar-refractivity contribution in [1.82, 2.24) is 24.6 Å². The third-order valence-corrected chi connectivity index (χ3v) is 6.85. The molecule has 0 saturated carbocycles. The minimum atomic E-state index is -2.08. The molecule has 1 heterocycles. The van der Waals surface area contributed by atoms with Crippen molar-refractivity contribution in [2.24, 2.45) is 4.99 Å². The monoisotopic (exact) mass is 727 g/mol. The minimum absolute atomic E-state index is 0.0580. The maximum absolute atomic E-state index is 11.8. The van der Waals surface area contributed by atoms with E-state index >= 15 is 0 Å². The average Bonchev–Trinajstić information content (AvgIpc) is 3.00. The zero-order chi connectivity index (χ0) is 37.9. The van der Waals surface area contributed by atoms with Crippen molar-refractivity contribution < 1.29 is 59.7 Å². The number of thiocarbonyl (C=S) groups is 1. The first-order valence-corrected chi connectivity index (χ1v) is 15.5. The third kappa shape index (κ3) is 18.4. The van der Waals surface area contributed by atoms with Gasteiger partial charge in [0.1, 0.15) is 0 Å². The van der Waals surface area contributed by atoms with Gasteiger partial charge in [-0.15, -0.1) is 0 Å². The van der Waals surface area contributed by atoms with Crippen molar-refractivity contribution in [1.29, 1.82) is 0 Å². The second-order valence-electron chi connectivity index (χ2n) is 11.1. The van der Waals surface area contributed by atoms with E-state index in [0.29, 0.717) is 28.2 Å². The number of carboxylic acids is 5. The van der Waals surface area contributed by atoms with Gasteiger partial charge in [-0.3, -0.25) is 39.0 Å². The van der Waals surface area contributed by atoms with Gasteiger partial charge in [0.05, 0.1) is 53.8 Å². The normalized spacial score (nSPS) is 11.6. The summed E-state index contributed by atoms with van der Waals surface area (Å²) in [5, 5.41) is 73.8. The molecule has 0 aliphatic heterocycles. The highest BCUT2D eigenvalue weighted by Gasteiger charge is 2.19. The van der Waals surface area contributed by atoms with E-state index < -0.39 is 75.4 Å². The summed E-state index contributed by atoms with van der Waals surface area (Å²) in [6.07, 6.45) is -2.08. The van der Waals surface area contributed by atoms with E-state index in [4.69, 9.17) is 10.2 Å². The number of isothiocyanates is 1. The van der Waals surface area contributed by atoms with E-state index in [9.17, 15) is 49.5 Å². The Morgan fingerprint density at radius 2 is 1.14 bits per heavy atom. The Morgan fingerprint density at radius 1 is 0.706 bits per heavy atom. The summed E-state index contributed by atoms with van der Waals surface area (Å²) in [5.41, 5.74) is 2.15. The third-order valence-electron chi connectivity index (χ3n) is 6.76. The number of rotatable bonds is 23. The molecule has 4 N–H and O–H groups in total. The molecule has 51 heavy (non-hydrogen) atoms. The quantitative estimate of drug-likeness (QED) is 0.0366. The van der Waals surface area contributed by atoms with Gasteiger partial charge in [-0.2, -0.15) is 4.99 Å². The fourth-order valence-corrected chi connectivity index (χ4v) is 4.87. The van der Waals surface area contributed by atoms with Crippen molar-refractivity contribution in [2.75, 3.05) is 65.4 Å². The molecule has 274 valence electrons. The molecule has 0 amide bonds. The van der Waals surface area contributed by atoms with Crippen LogP contribution in [0.1, 0.15) is 22.5 Å². The lowest BCUT2D eigenvalue weighted by Crippen LogP contribution is -2.48.